The Hall–Kier alpha value is -1.71. The molecule has 22 heavy (non-hydrogen) atoms. The summed E-state index contributed by atoms with van der Waals surface area (Å²) in [5, 5.41) is 0. The van der Waals surface area contributed by atoms with Crippen molar-refractivity contribution < 1.29 is 14.3 Å². The molecule has 0 heterocycles. The van der Waals surface area contributed by atoms with Crippen LogP contribution in [0.1, 0.15) is 11.1 Å². The van der Waals surface area contributed by atoms with Gasteiger partial charge in [-0.25, -0.2) is 4.79 Å². The number of ether oxygens (including phenoxy) is 2. The zero-order valence-electron chi connectivity index (χ0n) is 11.9. The molecular weight excluding hydrogens is 323 g/mol. The van der Waals surface area contributed by atoms with Crippen LogP contribution in [0.3, 0.4) is 0 Å². The van der Waals surface area contributed by atoms with E-state index in [4.69, 9.17) is 32.7 Å². The van der Waals surface area contributed by atoms with E-state index in [1.807, 2.05) is 24.3 Å². The summed E-state index contributed by atoms with van der Waals surface area (Å²) in [5.74, 6) is 1.83. The molecule has 0 aliphatic rings. The summed E-state index contributed by atoms with van der Waals surface area (Å²) < 4.78 is 10.6. The number of rotatable bonds is 6. The van der Waals surface area contributed by atoms with Crippen molar-refractivity contribution in [2.45, 2.75) is 12.8 Å². The maximum Gasteiger partial charge on any atom is 0.519 e. The van der Waals surface area contributed by atoms with E-state index in [1.54, 1.807) is 24.3 Å². The van der Waals surface area contributed by atoms with E-state index in [0.717, 1.165) is 11.1 Å². The fourth-order valence-corrected chi connectivity index (χ4v) is 2.43. The lowest BCUT2D eigenvalue weighted by atomic mass is 10.1. The van der Waals surface area contributed by atoms with Crippen LogP contribution in [0.25, 0.3) is 0 Å². The van der Waals surface area contributed by atoms with Gasteiger partial charge in [-0.15, -0.1) is 23.2 Å². The SMILES string of the molecule is O=C(Oc1ccccc1CCCl)Oc1ccccc1CCCl. The van der Waals surface area contributed by atoms with E-state index in [9.17, 15) is 4.79 Å². The van der Waals surface area contributed by atoms with Crippen molar-refractivity contribution in [2.75, 3.05) is 11.8 Å². The monoisotopic (exact) mass is 338 g/mol. The van der Waals surface area contributed by atoms with Crippen LogP contribution in [-0.4, -0.2) is 17.9 Å². The Morgan fingerprint density at radius 2 is 1.18 bits per heavy atom. The molecule has 5 heteroatoms. The molecule has 0 atom stereocenters. The zero-order chi connectivity index (χ0) is 15.8. The first-order chi connectivity index (χ1) is 10.7. The molecule has 0 spiro atoms. The van der Waals surface area contributed by atoms with E-state index in [-0.39, 0.29) is 0 Å². The fourth-order valence-electron chi connectivity index (χ4n) is 2.02. The van der Waals surface area contributed by atoms with E-state index >= 15 is 0 Å². The third-order valence-corrected chi connectivity index (χ3v) is 3.44. The standard InChI is InChI=1S/C17H16Cl2O3/c18-11-9-13-5-1-3-7-15(13)21-17(20)22-16-8-4-2-6-14(16)10-12-19/h1-8H,9-12H2. The number of para-hydroxylation sites is 2. The van der Waals surface area contributed by atoms with Crippen molar-refractivity contribution in [3.63, 3.8) is 0 Å². The Bertz CT molecular complexity index is 575. The van der Waals surface area contributed by atoms with Crippen molar-refractivity contribution in [1.29, 1.82) is 0 Å². The van der Waals surface area contributed by atoms with Crippen LogP contribution < -0.4 is 9.47 Å². The molecule has 0 saturated heterocycles. The van der Waals surface area contributed by atoms with Gasteiger partial charge in [0.1, 0.15) is 11.5 Å². The Morgan fingerprint density at radius 3 is 1.59 bits per heavy atom. The lowest BCUT2D eigenvalue weighted by Gasteiger charge is -2.11. The van der Waals surface area contributed by atoms with Crippen LogP contribution in [-0.2, 0) is 12.8 Å². The molecular formula is C17H16Cl2O3. The number of carbonyl (C=O) groups excluding carboxylic acids is 1. The highest BCUT2D eigenvalue weighted by Crippen LogP contribution is 2.22. The van der Waals surface area contributed by atoms with Crippen molar-refractivity contribution in [2.24, 2.45) is 0 Å². The Labute approximate surface area is 139 Å². The summed E-state index contributed by atoms with van der Waals surface area (Å²) in [6.45, 7) is 0. The summed E-state index contributed by atoms with van der Waals surface area (Å²) in [5.41, 5.74) is 1.73. The van der Waals surface area contributed by atoms with Gasteiger partial charge in [-0.05, 0) is 36.1 Å². The van der Waals surface area contributed by atoms with Crippen molar-refractivity contribution >= 4 is 29.4 Å². The number of alkyl halides is 2. The highest BCUT2D eigenvalue weighted by atomic mass is 35.5. The maximum atomic E-state index is 12.0. The van der Waals surface area contributed by atoms with Crippen molar-refractivity contribution in [3.8, 4) is 11.5 Å². The van der Waals surface area contributed by atoms with Crippen LogP contribution in [0.5, 0.6) is 11.5 Å². The Morgan fingerprint density at radius 1 is 0.773 bits per heavy atom. The Balaban J connectivity index is 2.08. The topological polar surface area (TPSA) is 35.5 Å². The molecule has 0 amide bonds. The average Bonchev–Trinajstić information content (AvgIpc) is 2.52. The van der Waals surface area contributed by atoms with Crippen LogP contribution in [0, 0.1) is 0 Å². The van der Waals surface area contributed by atoms with Gasteiger partial charge in [0.15, 0.2) is 0 Å². The largest absolute Gasteiger partial charge is 0.519 e. The summed E-state index contributed by atoms with van der Waals surface area (Å²) in [6.07, 6.45) is 0.464. The predicted molar refractivity (Wildman–Crippen MR) is 88.4 cm³/mol. The molecule has 0 fully saturated rings. The quantitative estimate of drug-likeness (QED) is 0.430. The third kappa shape index (κ3) is 4.65. The van der Waals surface area contributed by atoms with E-state index in [1.165, 1.54) is 0 Å². The second-order valence-corrected chi connectivity index (χ2v) is 5.30. The summed E-state index contributed by atoms with van der Waals surface area (Å²) >= 11 is 11.5. The number of carbonyl (C=O) groups is 1. The van der Waals surface area contributed by atoms with Crippen LogP contribution >= 0.6 is 23.2 Å². The molecule has 0 unspecified atom stereocenters. The number of halogens is 2. The number of hydrogen-bond acceptors (Lipinski definition) is 3. The van der Waals surface area contributed by atoms with Crippen molar-refractivity contribution in [3.05, 3.63) is 59.7 Å². The maximum absolute atomic E-state index is 12.0. The molecule has 2 aromatic carbocycles. The summed E-state index contributed by atoms with van der Waals surface area (Å²) in [4.78, 5) is 12.0. The molecule has 0 bridgehead atoms. The molecule has 0 radical (unpaired) electrons. The van der Waals surface area contributed by atoms with E-state index in [2.05, 4.69) is 0 Å². The second-order valence-electron chi connectivity index (χ2n) is 4.55. The predicted octanol–water partition coefficient (Wildman–Crippen LogP) is 4.83. The molecule has 0 saturated carbocycles. The van der Waals surface area contributed by atoms with Gasteiger partial charge in [0, 0.05) is 11.8 Å². The van der Waals surface area contributed by atoms with Crippen LogP contribution in [0.4, 0.5) is 4.79 Å². The van der Waals surface area contributed by atoms with Gasteiger partial charge in [0.25, 0.3) is 0 Å². The lowest BCUT2D eigenvalue weighted by molar-refractivity contribution is 0.151. The van der Waals surface area contributed by atoms with Gasteiger partial charge in [-0.1, -0.05) is 36.4 Å². The average molecular weight is 339 g/mol. The Kier molecular flexibility index (Phi) is 6.56. The molecule has 116 valence electrons. The first kappa shape index (κ1) is 16.7. The van der Waals surface area contributed by atoms with Crippen LogP contribution in [0.2, 0.25) is 0 Å². The molecule has 0 aliphatic carbocycles. The molecule has 0 aliphatic heterocycles. The molecule has 0 aromatic heterocycles. The van der Waals surface area contributed by atoms with Gasteiger partial charge in [0.05, 0.1) is 0 Å². The smallest absolute Gasteiger partial charge is 0.394 e. The molecule has 2 rings (SSSR count). The van der Waals surface area contributed by atoms with Gasteiger partial charge >= 0.3 is 6.16 Å². The van der Waals surface area contributed by atoms with Gasteiger partial charge in [-0.3, -0.25) is 0 Å². The number of benzene rings is 2. The van der Waals surface area contributed by atoms with Crippen LogP contribution in [0.15, 0.2) is 48.5 Å². The van der Waals surface area contributed by atoms with Gasteiger partial charge in [0.2, 0.25) is 0 Å². The fraction of sp³-hybridized carbons (Fsp3) is 0.235. The minimum absolute atomic E-state index is 0.452. The zero-order valence-corrected chi connectivity index (χ0v) is 13.4. The minimum Gasteiger partial charge on any atom is -0.394 e. The highest BCUT2D eigenvalue weighted by molar-refractivity contribution is 6.18. The molecule has 3 nitrogen and oxygen atoms in total. The first-order valence-corrected chi connectivity index (χ1v) is 7.99. The number of hydrogen-bond donors (Lipinski definition) is 0. The second kappa shape index (κ2) is 8.66. The van der Waals surface area contributed by atoms with Gasteiger partial charge in [-0.2, -0.15) is 0 Å². The lowest BCUT2D eigenvalue weighted by Crippen LogP contribution is -2.15. The first-order valence-electron chi connectivity index (χ1n) is 6.92. The summed E-state index contributed by atoms with van der Waals surface area (Å²) in [7, 11) is 0. The highest BCUT2D eigenvalue weighted by Gasteiger charge is 2.13. The molecule has 0 N–H and O–H groups in total. The van der Waals surface area contributed by atoms with Gasteiger partial charge < -0.3 is 9.47 Å². The number of aryl methyl sites for hydroxylation is 2. The minimum atomic E-state index is -0.774. The summed E-state index contributed by atoms with van der Waals surface area (Å²) in [6, 6.07) is 14.5. The van der Waals surface area contributed by atoms with Crippen molar-refractivity contribution in [1.82, 2.24) is 0 Å². The molecule has 2 aromatic rings. The third-order valence-electron chi connectivity index (χ3n) is 3.06. The van der Waals surface area contributed by atoms with E-state index in [0.29, 0.717) is 36.1 Å². The van der Waals surface area contributed by atoms with E-state index < -0.39 is 6.16 Å². The normalized spacial score (nSPS) is 10.3.